The van der Waals surface area contributed by atoms with Crippen LogP contribution in [0.3, 0.4) is 0 Å². The molecule has 2 N–H and O–H groups in total. The van der Waals surface area contributed by atoms with Crippen molar-refractivity contribution < 1.29 is 9.84 Å². The van der Waals surface area contributed by atoms with Gasteiger partial charge < -0.3 is 15.2 Å². The smallest absolute Gasteiger partial charge is 0.0880 e. The van der Waals surface area contributed by atoms with Gasteiger partial charge >= 0.3 is 0 Å². The fourth-order valence-corrected chi connectivity index (χ4v) is 3.32. The van der Waals surface area contributed by atoms with E-state index in [0.29, 0.717) is 12.1 Å². The van der Waals surface area contributed by atoms with E-state index in [1.807, 2.05) is 6.92 Å². The summed E-state index contributed by atoms with van der Waals surface area (Å²) < 4.78 is 6.14. The summed E-state index contributed by atoms with van der Waals surface area (Å²) in [5.74, 6) is 0. The van der Waals surface area contributed by atoms with E-state index in [0.717, 1.165) is 38.6 Å². The van der Waals surface area contributed by atoms with Crippen molar-refractivity contribution in [2.75, 3.05) is 6.54 Å². The van der Waals surface area contributed by atoms with Crippen LogP contribution in [0.25, 0.3) is 0 Å². The van der Waals surface area contributed by atoms with E-state index < -0.39 is 5.60 Å². The third kappa shape index (κ3) is 3.69. The van der Waals surface area contributed by atoms with Gasteiger partial charge in [-0.1, -0.05) is 6.92 Å². The van der Waals surface area contributed by atoms with Crippen molar-refractivity contribution in [1.82, 2.24) is 5.32 Å². The molecule has 0 aromatic rings. The minimum absolute atomic E-state index is 0.0719. The van der Waals surface area contributed by atoms with Crippen LogP contribution in [0.15, 0.2) is 0 Å². The fraction of sp³-hybridized carbons (Fsp3) is 1.00. The number of nitrogens with one attached hydrogen (secondary N) is 1. The Bertz CT molecular complexity index is 247. The van der Waals surface area contributed by atoms with Crippen LogP contribution in [0.4, 0.5) is 0 Å². The van der Waals surface area contributed by atoms with Crippen LogP contribution in [-0.2, 0) is 4.74 Å². The normalized spacial score (nSPS) is 41.2. The predicted octanol–water partition coefficient (Wildman–Crippen LogP) is 2.62. The number of hydrogen-bond acceptors (Lipinski definition) is 3. The van der Waals surface area contributed by atoms with E-state index >= 15 is 0 Å². The minimum Gasteiger partial charge on any atom is -0.387 e. The minimum atomic E-state index is -0.586. The third-order valence-electron chi connectivity index (χ3n) is 4.56. The summed E-state index contributed by atoms with van der Waals surface area (Å²) in [6, 6.07) is 0.689. The van der Waals surface area contributed by atoms with E-state index in [4.69, 9.17) is 4.74 Å². The lowest BCUT2D eigenvalue weighted by atomic mass is 9.92. The van der Waals surface area contributed by atoms with Crippen molar-refractivity contribution in [3.63, 3.8) is 0 Å². The molecular formula is C15H29NO2. The van der Waals surface area contributed by atoms with E-state index in [2.05, 4.69) is 12.2 Å². The molecule has 0 bridgehead atoms. The molecule has 3 heteroatoms. The summed E-state index contributed by atoms with van der Waals surface area (Å²) in [6.07, 6.45) is 9.42. The van der Waals surface area contributed by atoms with Gasteiger partial charge in [-0.05, 0) is 64.8 Å². The van der Waals surface area contributed by atoms with Gasteiger partial charge in [0.05, 0.1) is 17.8 Å². The molecule has 0 aliphatic heterocycles. The second-order valence-electron chi connectivity index (χ2n) is 6.30. The molecule has 2 atom stereocenters. The van der Waals surface area contributed by atoms with Crippen molar-refractivity contribution >= 4 is 0 Å². The monoisotopic (exact) mass is 255 g/mol. The molecule has 0 amide bonds. The lowest BCUT2D eigenvalue weighted by molar-refractivity contribution is -0.117. The van der Waals surface area contributed by atoms with E-state index in [1.165, 1.54) is 19.3 Å². The largest absolute Gasteiger partial charge is 0.387 e. The average Bonchev–Trinajstić information content (AvgIpc) is 2.68. The highest BCUT2D eigenvalue weighted by Crippen LogP contribution is 2.34. The quantitative estimate of drug-likeness (QED) is 0.793. The van der Waals surface area contributed by atoms with Crippen molar-refractivity contribution in [1.29, 1.82) is 0 Å². The van der Waals surface area contributed by atoms with Crippen LogP contribution in [-0.4, -0.2) is 35.5 Å². The summed E-state index contributed by atoms with van der Waals surface area (Å²) in [5.41, 5.74) is -0.586. The maximum Gasteiger partial charge on any atom is 0.0880 e. The molecule has 3 nitrogen and oxygen atoms in total. The Morgan fingerprint density at radius 2 is 1.94 bits per heavy atom. The molecule has 0 radical (unpaired) electrons. The van der Waals surface area contributed by atoms with E-state index in [-0.39, 0.29) is 6.10 Å². The zero-order valence-corrected chi connectivity index (χ0v) is 12.0. The summed E-state index contributed by atoms with van der Waals surface area (Å²) in [6.45, 7) is 5.27. The third-order valence-corrected chi connectivity index (χ3v) is 4.56. The van der Waals surface area contributed by atoms with E-state index in [9.17, 15) is 5.11 Å². The van der Waals surface area contributed by atoms with Gasteiger partial charge in [-0.25, -0.2) is 0 Å². The lowest BCUT2D eigenvalue weighted by Gasteiger charge is -2.34. The van der Waals surface area contributed by atoms with Crippen LogP contribution in [0.2, 0.25) is 0 Å². The summed E-state index contributed by atoms with van der Waals surface area (Å²) >= 11 is 0. The van der Waals surface area contributed by atoms with Gasteiger partial charge in [0.1, 0.15) is 0 Å². The highest BCUT2D eigenvalue weighted by atomic mass is 16.5. The summed E-state index contributed by atoms with van der Waals surface area (Å²) in [4.78, 5) is 0. The van der Waals surface area contributed by atoms with Crippen LogP contribution in [0, 0.1) is 0 Å². The SMILES string of the molecule is CCCNC1CCC(OC2CCCC2(C)O)CC1. The highest BCUT2D eigenvalue weighted by molar-refractivity contribution is 4.91. The molecule has 0 aromatic carbocycles. The zero-order chi connectivity index (χ0) is 13.0. The van der Waals surface area contributed by atoms with Gasteiger partial charge in [-0.15, -0.1) is 0 Å². The van der Waals surface area contributed by atoms with Crippen LogP contribution >= 0.6 is 0 Å². The molecule has 2 aliphatic carbocycles. The first-order valence-electron chi connectivity index (χ1n) is 7.73. The average molecular weight is 255 g/mol. The first kappa shape index (κ1) is 14.3. The molecule has 2 unspecified atom stereocenters. The first-order chi connectivity index (χ1) is 8.62. The molecule has 2 fully saturated rings. The standard InChI is InChI=1S/C15H29NO2/c1-3-11-16-12-6-8-13(9-7-12)18-14-5-4-10-15(14,2)17/h12-14,16-17H,3-11H2,1-2H3. The number of ether oxygens (including phenoxy) is 1. The first-order valence-corrected chi connectivity index (χ1v) is 7.73. The second kappa shape index (κ2) is 6.36. The van der Waals surface area contributed by atoms with Crippen molar-refractivity contribution in [2.24, 2.45) is 0 Å². The molecule has 0 saturated heterocycles. The highest BCUT2D eigenvalue weighted by Gasteiger charge is 2.39. The van der Waals surface area contributed by atoms with Gasteiger partial charge in [0, 0.05) is 6.04 Å². The van der Waals surface area contributed by atoms with E-state index in [1.54, 1.807) is 0 Å². The molecule has 106 valence electrons. The molecule has 2 rings (SSSR count). The molecule has 0 aromatic heterocycles. The topological polar surface area (TPSA) is 41.5 Å². The Morgan fingerprint density at radius 3 is 2.50 bits per heavy atom. The van der Waals surface area contributed by atoms with Crippen LogP contribution < -0.4 is 5.32 Å². The number of aliphatic hydroxyl groups is 1. The molecular weight excluding hydrogens is 226 g/mol. The van der Waals surface area contributed by atoms with Gasteiger partial charge in [0.25, 0.3) is 0 Å². The van der Waals surface area contributed by atoms with Crippen molar-refractivity contribution in [3.8, 4) is 0 Å². The maximum absolute atomic E-state index is 10.2. The Morgan fingerprint density at radius 1 is 1.22 bits per heavy atom. The van der Waals surface area contributed by atoms with Gasteiger partial charge in [-0.2, -0.15) is 0 Å². The van der Waals surface area contributed by atoms with Crippen LogP contribution in [0.1, 0.15) is 65.2 Å². The molecule has 0 heterocycles. The van der Waals surface area contributed by atoms with Crippen molar-refractivity contribution in [2.45, 2.75) is 89.1 Å². The van der Waals surface area contributed by atoms with Crippen LogP contribution in [0.5, 0.6) is 0 Å². The maximum atomic E-state index is 10.2. The Labute approximate surface area is 111 Å². The molecule has 2 aliphatic rings. The number of rotatable bonds is 5. The second-order valence-corrected chi connectivity index (χ2v) is 6.30. The Balaban J connectivity index is 1.70. The fourth-order valence-electron chi connectivity index (χ4n) is 3.32. The zero-order valence-electron chi connectivity index (χ0n) is 12.0. The van der Waals surface area contributed by atoms with Gasteiger partial charge in [0.2, 0.25) is 0 Å². The predicted molar refractivity (Wildman–Crippen MR) is 73.7 cm³/mol. The van der Waals surface area contributed by atoms with Gasteiger partial charge in [0.15, 0.2) is 0 Å². The Hall–Kier alpha value is -0.120. The summed E-state index contributed by atoms with van der Waals surface area (Å²) in [7, 11) is 0. The summed E-state index contributed by atoms with van der Waals surface area (Å²) in [5, 5.41) is 13.8. The van der Waals surface area contributed by atoms with Gasteiger partial charge in [-0.3, -0.25) is 0 Å². The number of hydrogen-bond donors (Lipinski definition) is 2. The molecule has 2 saturated carbocycles. The van der Waals surface area contributed by atoms with Crippen molar-refractivity contribution in [3.05, 3.63) is 0 Å². The molecule has 18 heavy (non-hydrogen) atoms. The lowest BCUT2D eigenvalue weighted by Crippen LogP contribution is -2.41. The Kier molecular flexibility index (Phi) is 5.05. The molecule has 0 spiro atoms.